The van der Waals surface area contributed by atoms with E-state index in [9.17, 15) is 0 Å². The average Bonchev–Trinajstić information content (AvgIpc) is 2.57. The predicted molar refractivity (Wildman–Crippen MR) is 64.2 cm³/mol. The van der Waals surface area contributed by atoms with E-state index in [-0.39, 0.29) is 5.41 Å². The highest BCUT2D eigenvalue weighted by Gasteiger charge is 2.23. The van der Waals surface area contributed by atoms with Crippen LogP contribution in [0, 0.1) is 5.41 Å². The van der Waals surface area contributed by atoms with Crippen LogP contribution in [0.15, 0.2) is 0 Å². The topological polar surface area (TPSA) is 55.6 Å². The molecule has 0 saturated heterocycles. The number of alkyl halides is 1. The summed E-state index contributed by atoms with van der Waals surface area (Å²) in [5.74, 6) is 1.37. The molecule has 1 heterocycles. The molecular weight excluding hydrogens is 226 g/mol. The lowest BCUT2D eigenvalue weighted by Gasteiger charge is -2.30. The Morgan fingerprint density at radius 3 is 2.56 bits per heavy atom. The van der Waals surface area contributed by atoms with Crippen LogP contribution >= 0.6 is 11.6 Å². The van der Waals surface area contributed by atoms with Gasteiger partial charge in [-0.2, -0.15) is 4.80 Å². The van der Waals surface area contributed by atoms with Crippen molar-refractivity contribution >= 4 is 11.6 Å². The molecule has 0 fully saturated rings. The number of nitrogens with zero attached hydrogens (tertiary/aromatic N) is 4. The molecule has 0 radical (unpaired) electrons. The summed E-state index contributed by atoms with van der Waals surface area (Å²) in [7, 11) is 1.76. The zero-order chi connectivity index (χ0) is 12.2. The van der Waals surface area contributed by atoms with Gasteiger partial charge >= 0.3 is 0 Å². The van der Waals surface area contributed by atoms with Gasteiger partial charge in [-0.25, -0.2) is 0 Å². The van der Waals surface area contributed by atoms with E-state index in [2.05, 4.69) is 41.5 Å². The minimum Gasteiger partial charge on any atom is -0.306 e. The Morgan fingerprint density at radius 2 is 2.12 bits per heavy atom. The van der Waals surface area contributed by atoms with Gasteiger partial charge in [-0.05, 0) is 17.0 Å². The summed E-state index contributed by atoms with van der Waals surface area (Å²) in [5.41, 5.74) is 0.178. The molecule has 0 spiro atoms. The van der Waals surface area contributed by atoms with Crippen molar-refractivity contribution in [2.75, 3.05) is 5.88 Å². The van der Waals surface area contributed by atoms with Crippen LogP contribution in [0.5, 0.6) is 0 Å². The summed E-state index contributed by atoms with van der Waals surface area (Å²) >= 11 is 5.80. The fourth-order valence-corrected chi connectivity index (χ4v) is 1.78. The van der Waals surface area contributed by atoms with Gasteiger partial charge in [0.05, 0.1) is 13.6 Å². The van der Waals surface area contributed by atoms with Crippen LogP contribution in [0.25, 0.3) is 0 Å². The van der Waals surface area contributed by atoms with E-state index in [0.29, 0.717) is 24.3 Å². The zero-order valence-electron chi connectivity index (χ0n) is 10.4. The molecule has 1 aromatic rings. The minimum absolute atomic E-state index is 0.178. The maximum Gasteiger partial charge on any atom is 0.188 e. The smallest absolute Gasteiger partial charge is 0.188 e. The Balaban J connectivity index is 2.50. The minimum atomic E-state index is 0.178. The molecule has 0 bridgehead atoms. The first-order valence-electron chi connectivity index (χ1n) is 5.45. The molecule has 1 aromatic heterocycles. The van der Waals surface area contributed by atoms with E-state index >= 15 is 0 Å². The lowest BCUT2D eigenvalue weighted by molar-refractivity contribution is 0.259. The first-order chi connectivity index (χ1) is 7.43. The van der Waals surface area contributed by atoms with Gasteiger partial charge in [-0.3, -0.25) is 0 Å². The Morgan fingerprint density at radius 1 is 1.44 bits per heavy atom. The van der Waals surface area contributed by atoms with Crippen molar-refractivity contribution in [3.63, 3.8) is 0 Å². The van der Waals surface area contributed by atoms with Crippen LogP contribution in [0.3, 0.4) is 0 Å². The van der Waals surface area contributed by atoms with E-state index in [0.717, 1.165) is 6.42 Å². The Kier molecular flexibility index (Phi) is 4.68. The lowest BCUT2D eigenvalue weighted by atomic mass is 9.85. The van der Waals surface area contributed by atoms with Crippen molar-refractivity contribution in [3.8, 4) is 0 Å². The first-order valence-corrected chi connectivity index (χ1v) is 5.99. The van der Waals surface area contributed by atoms with Crippen LogP contribution in [-0.4, -0.2) is 32.1 Å². The third kappa shape index (κ3) is 4.06. The van der Waals surface area contributed by atoms with Crippen LogP contribution in [0.1, 0.15) is 33.0 Å². The zero-order valence-corrected chi connectivity index (χ0v) is 11.1. The standard InChI is InChI=1S/C10H20ClN5/c1-10(2,3)8(5-6-11)12-7-9-13-15-16(4)14-9/h8,12H,5-7H2,1-4H3. The van der Waals surface area contributed by atoms with Gasteiger partial charge in [0, 0.05) is 11.9 Å². The number of hydrogen-bond donors (Lipinski definition) is 1. The number of nitrogens with one attached hydrogen (secondary N) is 1. The second-order valence-electron chi connectivity index (χ2n) is 4.97. The fourth-order valence-electron chi connectivity index (χ4n) is 1.56. The molecule has 0 aliphatic carbocycles. The molecule has 0 saturated carbocycles. The highest BCUT2D eigenvalue weighted by molar-refractivity contribution is 6.17. The van der Waals surface area contributed by atoms with Gasteiger partial charge in [0.15, 0.2) is 5.82 Å². The molecular formula is C10H20ClN5. The molecule has 0 amide bonds. The van der Waals surface area contributed by atoms with Crippen LogP contribution in [-0.2, 0) is 13.6 Å². The van der Waals surface area contributed by atoms with E-state index in [1.54, 1.807) is 7.05 Å². The molecule has 0 aliphatic rings. The molecule has 1 rings (SSSR count). The number of hydrogen-bond acceptors (Lipinski definition) is 4. The number of tetrazole rings is 1. The molecule has 6 heteroatoms. The molecule has 1 unspecified atom stereocenters. The third-order valence-corrected chi connectivity index (χ3v) is 2.72. The second-order valence-corrected chi connectivity index (χ2v) is 5.35. The summed E-state index contributed by atoms with van der Waals surface area (Å²) in [6.45, 7) is 7.22. The highest BCUT2D eigenvalue weighted by Crippen LogP contribution is 2.22. The number of halogens is 1. The molecule has 1 N–H and O–H groups in total. The van der Waals surface area contributed by atoms with E-state index in [1.807, 2.05) is 0 Å². The quantitative estimate of drug-likeness (QED) is 0.796. The molecule has 92 valence electrons. The Hall–Kier alpha value is -0.680. The summed E-state index contributed by atoms with van der Waals surface area (Å²) < 4.78 is 0. The largest absolute Gasteiger partial charge is 0.306 e. The van der Waals surface area contributed by atoms with Gasteiger partial charge in [0.1, 0.15) is 0 Å². The summed E-state index contributed by atoms with van der Waals surface area (Å²) in [4.78, 5) is 1.46. The summed E-state index contributed by atoms with van der Waals surface area (Å²) in [5, 5.41) is 15.3. The summed E-state index contributed by atoms with van der Waals surface area (Å²) in [6.07, 6.45) is 0.936. The SMILES string of the molecule is Cn1nnc(CNC(CCCl)C(C)(C)C)n1. The monoisotopic (exact) mass is 245 g/mol. The van der Waals surface area contributed by atoms with Gasteiger partial charge in [0.2, 0.25) is 0 Å². The lowest BCUT2D eigenvalue weighted by Crippen LogP contribution is -2.40. The van der Waals surface area contributed by atoms with Gasteiger partial charge in [-0.1, -0.05) is 20.8 Å². The van der Waals surface area contributed by atoms with Crippen molar-refractivity contribution in [1.82, 2.24) is 25.5 Å². The van der Waals surface area contributed by atoms with E-state index in [1.165, 1.54) is 4.80 Å². The number of aromatic nitrogens is 4. The van der Waals surface area contributed by atoms with Gasteiger partial charge in [0.25, 0.3) is 0 Å². The maximum atomic E-state index is 5.80. The van der Waals surface area contributed by atoms with Crippen molar-refractivity contribution < 1.29 is 0 Å². The molecule has 0 aliphatic heterocycles. The first kappa shape index (κ1) is 13.4. The van der Waals surface area contributed by atoms with Crippen molar-refractivity contribution in [2.24, 2.45) is 12.5 Å². The maximum absolute atomic E-state index is 5.80. The van der Waals surface area contributed by atoms with Crippen LogP contribution in [0.2, 0.25) is 0 Å². The van der Waals surface area contributed by atoms with Crippen LogP contribution < -0.4 is 5.32 Å². The van der Waals surface area contributed by atoms with Gasteiger partial charge in [-0.15, -0.1) is 21.8 Å². The van der Waals surface area contributed by atoms with Crippen molar-refractivity contribution in [1.29, 1.82) is 0 Å². The van der Waals surface area contributed by atoms with E-state index < -0.39 is 0 Å². The molecule has 0 aromatic carbocycles. The normalized spacial score (nSPS) is 14.1. The molecule has 16 heavy (non-hydrogen) atoms. The fraction of sp³-hybridized carbons (Fsp3) is 0.900. The summed E-state index contributed by atoms with van der Waals surface area (Å²) in [6, 6.07) is 0.355. The molecule has 5 nitrogen and oxygen atoms in total. The van der Waals surface area contributed by atoms with Crippen LogP contribution in [0.4, 0.5) is 0 Å². The predicted octanol–water partition coefficient (Wildman–Crippen LogP) is 1.34. The van der Waals surface area contributed by atoms with Crippen molar-refractivity contribution in [3.05, 3.63) is 5.82 Å². The van der Waals surface area contributed by atoms with Crippen molar-refractivity contribution in [2.45, 2.75) is 39.8 Å². The van der Waals surface area contributed by atoms with E-state index in [4.69, 9.17) is 11.6 Å². The Labute approximate surface area is 102 Å². The number of aryl methyl sites for hydroxylation is 1. The third-order valence-electron chi connectivity index (χ3n) is 2.50. The van der Waals surface area contributed by atoms with Gasteiger partial charge < -0.3 is 5.32 Å². The number of rotatable bonds is 5. The second kappa shape index (κ2) is 5.59. The highest BCUT2D eigenvalue weighted by atomic mass is 35.5. The Bertz CT molecular complexity index is 317. The average molecular weight is 246 g/mol. The molecule has 1 atom stereocenters.